The zero-order valence-corrected chi connectivity index (χ0v) is 16.2. The molecule has 2 aromatic carbocycles. The maximum absolute atomic E-state index is 14.2. The number of halogens is 1. The van der Waals surface area contributed by atoms with Crippen LogP contribution in [0.5, 0.6) is 11.5 Å². The van der Waals surface area contributed by atoms with Gasteiger partial charge in [0.2, 0.25) is 0 Å². The van der Waals surface area contributed by atoms with Gasteiger partial charge in [-0.1, -0.05) is 19.9 Å². The second-order valence-corrected chi connectivity index (χ2v) is 6.39. The summed E-state index contributed by atoms with van der Waals surface area (Å²) in [5.74, 6) is 0.596. The van der Waals surface area contributed by atoms with Gasteiger partial charge in [0, 0.05) is 16.5 Å². The van der Waals surface area contributed by atoms with E-state index >= 15 is 0 Å². The molecule has 0 amide bonds. The predicted molar refractivity (Wildman–Crippen MR) is 101 cm³/mol. The van der Waals surface area contributed by atoms with Crippen molar-refractivity contribution in [3.63, 3.8) is 0 Å². The van der Waals surface area contributed by atoms with E-state index in [1.165, 1.54) is 24.9 Å². The van der Waals surface area contributed by atoms with Crippen molar-refractivity contribution in [1.82, 2.24) is 0 Å². The van der Waals surface area contributed by atoms with Crippen molar-refractivity contribution in [2.75, 3.05) is 13.4 Å². The van der Waals surface area contributed by atoms with Gasteiger partial charge in [0.1, 0.15) is 23.9 Å². The van der Waals surface area contributed by atoms with Crippen LogP contribution in [-0.2, 0) is 24.2 Å². The summed E-state index contributed by atoms with van der Waals surface area (Å²) in [6.07, 6.45) is 2.50. The lowest BCUT2D eigenvalue weighted by Gasteiger charge is -2.16. The number of aryl methyl sites for hydroxylation is 2. The maximum Gasteiger partial charge on any atom is 0.513 e. The Kier molecular flexibility index (Phi) is 7.33. The lowest BCUT2D eigenvalue weighted by Crippen LogP contribution is -2.10. The monoisotopic (exact) mass is 378 g/mol. The average Bonchev–Trinajstić information content (AvgIpc) is 2.66. The Hall–Kier alpha value is -2.21. The molecule has 0 N–H and O–H groups in total. The van der Waals surface area contributed by atoms with Gasteiger partial charge in [-0.05, 0) is 48.4 Å². The summed E-state index contributed by atoms with van der Waals surface area (Å²) in [4.78, 5) is 12.4. The molecule has 26 heavy (non-hydrogen) atoms. The van der Waals surface area contributed by atoms with Crippen molar-refractivity contribution in [2.45, 2.75) is 38.2 Å². The number of thioether (sulfide) groups is 1. The Morgan fingerprint density at radius 1 is 1.12 bits per heavy atom. The van der Waals surface area contributed by atoms with Gasteiger partial charge < -0.3 is 14.2 Å². The Morgan fingerprint density at radius 3 is 2.46 bits per heavy atom. The van der Waals surface area contributed by atoms with E-state index in [0.717, 1.165) is 16.9 Å². The van der Waals surface area contributed by atoms with Crippen LogP contribution in [0.4, 0.5) is 9.18 Å². The molecule has 0 aromatic heterocycles. The molecule has 0 aliphatic heterocycles. The zero-order valence-electron chi connectivity index (χ0n) is 15.4. The molecule has 0 spiro atoms. The van der Waals surface area contributed by atoms with E-state index in [0.29, 0.717) is 29.0 Å². The first-order valence-corrected chi connectivity index (χ1v) is 9.62. The Balaban J connectivity index is 2.31. The molecule has 0 radical (unpaired) electrons. The highest BCUT2D eigenvalue weighted by molar-refractivity contribution is 7.98. The largest absolute Gasteiger partial charge is 0.513 e. The molecule has 2 rings (SSSR count). The summed E-state index contributed by atoms with van der Waals surface area (Å²) < 4.78 is 29.9. The number of hydrogen-bond acceptors (Lipinski definition) is 5. The molecule has 0 bridgehead atoms. The SMILES string of the molecule is CCc1cc(CC)c(OCc2c(OC(=O)OC)cccc2SC)cc1F. The van der Waals surface area contributed by atoms with Crippen LogP contribution in [0.25, 0.3) is 0 Å². The van der Waals surface area contributed by atoms with Crippen molar-refractivity contribution < 1.29 is 23.4 Å². The predicted octanol–water partition coefficient (Wildman–Crippen LogP) is 5.40. The van der Waals surface area contributed by atoms with Crippen molar-refractivity contribution in [2.24, 2.45) is 0 Å². The van der Waals surface area contributed by atoms with Gasteiger partial charge in [0.25, 0.3) is 0 Å². The molecule has 0 atom stereocenters. The first-order chi connectivity index (χ1) is 12.5. The lowest BCUT2D eigenvalue weighted by molar-refractivity contribution is 0.120. The van der Waals surface area contributed by atoms with E-state index in [1.54, 1.807) is 12.1 Å². The summed E-state index contributed by atoms with van der Waals surface area (Å²) >= 11 is 1.51. The molecule has 0 fully saturated rings. The maximum atomic E-state index is 14.2. The van der Waals surface area contributed by atoms with E-state index in [2.05, 4.69) is 4.74 Å². The summed E-state index contributed by atoms with van der Waals surface area (Å²) in [6.45, 7) is 4.08. The van der Waals surface area contributed by atoms with E-state index in [-0.39, 0.29) is 12.4 Å². The first-order valence-electron chi connectivity index (χ1n) is 8.39. The van der Waals surface area contributed by atoms with Crippen LogP contribution < -0.4 is 9.47 Å². The van der Waals surface area contributed by atoms with Crippen LogP contribution >= 0.6 is 11.8 Å². The fraction of sp³-hybridized carbons (Fsp3) is 0.350. The van der Waals surface area contributed by atoms with Gasteiger partial charge in [-0.15, -0.1) is 11.8 Å². The van der Waals surface area contributed by atoms with Gasteiger partial charge in [-0.25, -0.2) is 9.18 Å². The molecule has 140 valence electrons. The number of hydrogen-bond donors (Lipinski definition) is 0. The minimum atomic E-state index is -0.794. The Labute approximate surface area is 157 Å². The lowest BCUT2D eigenvalue weighted by atomic mass is 10.1. The highest BCUT2D eigenvalue weighted by Gasteiger charge is 2.15. The van der Waals surface area contributed by atoms with Crippen molar-refractivity contribution in [1.29, 1.82) is 0 Å². The van der Waals surface area contributed by atoms with Crippen molar-refractivity contribution >= 4 is 17.9 Å². The third-order valence-electron chi connectivity index (χ3n) is 4.03. The van der Waals surface area contributed by atoms with Crippen LogP contribution in [0.1, 0.15) is 30.5 Å². The third kappa shape index (κ3) is 4.69. The topological polar surface area (TPSA) is 44.8 Å². The first kappa shape index (κ1) is 20.1. The third-order valence-corrected chi connectivity index (χ3v) is 4.86. The van der Waals surface area contributed by atoms with Crippen molar-refractivity contribution in [3.05, 3.63) is 52.8 Å². The molecule has 0 saturated heterocycles. The van der Waals surface area contributed by atoms with Gasteiger partial charge >= 0.3 is 6.16 Å². The smallest absolute Gasteiger partial charge is 0.488 e. The second kappa shape index (κ2) is 9.48. The molecule has 0 heterocycles. The highest BCUT2D eigenvalue weighted by Crippen LogP contribution is 2.32. The van der Waals surface area contributed by atoms with Gasteiger partial charge in [0.05, 0.1) is 7.11 Å². The number of benzene rings is 2. The number of ether oxygens (including phenoxy) is 3. The molecule has 2 aromatic rings. The summed E-state index contributed by atoms with van der Waals surface area (Å²) in [7, 11) is 1.25. The van der Waals surface area contributed by atoms with Crippen LogP contribution in [0.15, 0.2) is 35.2 Å². The average molecular weight is 378 g/mol. The Morgan fingerprint density at radius 2 is 1.85 bits per heavy atom. The minimum Gasteiger partial charge on any atom is -0.488 e. The molecule has 6 heteroatoms. The van der Waals surface area contributed by atoms with E-state index in [4.69, 9.17) is 9.47 Å². The van der Waals surface area contributed by atoms with E-state index < -0.39 is 6.16 Å². The standard InChI is InChI=1S/C20H23FO4S/c1-5-13-10-14(6-2)18(11-16(13)21)24-12-15-17(25-20(22)23-3)8-7-9-19(15)26-4/h7-11H,5-6,12H2,1-4H3. The minimum absolute atomic E-state index is 0.154. The molecule has 0 aliphatic carbocycles. The second-order valence-electron chi connectivity index (χ2n) is 5.54. The fourth-order valence-corrected chi connectivity index (χ4v) is 3.21. The van der Waals surface area contributed by atoms with Crippen LogP contribution in [0.3, 0.4) is 0 Å². The van der Waals surface area contributed by atoms with Gasteiger partial charge in [-0.3, -0.25) is 0 Å². The summed E-state index contributed by atoms with van der Waals surface area (Å²) in [5, 5.41) is 0. The fourth-order valence-electron chi connectivity index (χ4n) is 2.59. The zero-order chi connectivity index (χ0) is 19.1. The number of carbonyl (C=O) groups excluding carboxylic acids is 1. The van der Waals surface area contributed by atoms with Crippen LogP contribution in [-0.4, -0.2) is 19.5 Å². The number of carbonyl (C=O) groups is 1. The highest BCUT2D eigenvalue weighted by atomic mass is 32.2. The molecular formula is C20H23FO4S. The number of rotatable bonds is 7. The summed E-state index contributed by atoms with van der Waals surface area (Å²) in [5.41, 5.74) is 2.33. The molecule has 0 unspecified atom stereocenters. The van der Waals surface area contributed by atoms with E-state index in [9.17, 15) is 9.18 Å². The molecule has 0 aliphatic rings. The van der Waals surface area contributed by atoms with Crippen LogP contribution in [0.2, 0.25) is 0 Å². The molecule has 4 nitrogen and oxygen atoms in total. The summed E-state index contributed by atoms with van der Waals surface area (Å²) in [6, 6.07) is 8.66. The van der Waals surface area contributed by atoms with Gasteiger partial charge in [-0.2, -0.15) is 0 Å². The Bertz CT molecular complexity index is 777. The van der Waals surface area contributed by atoms with E-state index in [1.807, 2.05) is 32.2 Å². The molecular weight excluding hydrogens is 355 g/mol. The quantitative estimate of drug-likeness (QED) is 0.367. The molecule has 0 saturated carbocycles. The van der Waals surface area contributed by atoms with Gasteiger partial charge in [0.15, 0.2) is 0 Å². The number of methoxy groups -OCH3 is 1. The van der Waals surface area contributed by atoms with Crippen molar-refractivity contribution in [3.8, 4) is 11.5 Å². The normalized spacial score (nSPS) is 10.5. The van der Waals surface area contributed by atoms with Crippen LogP contribution in [0, 0.1) is 5.82 Å².